The topological polar surface area (TPSA) is 237 Å². The smallest absolute Gasteiger partial charge is 0.462 e. The minimum absolute atomic E-state index is 0.108. The van der Waals surface area contributed by atoms with E-state index >= 15 is 0 Å². The lowest BCUT2D eigenvalue weighted by molar-refractivity contribution is -0.161. The van der Waals surface area contributed by atoms with Gasteiger partial charge in [0.05, 0.1) is 26.4 Å². The zero-order chi connectivity index (χ0) is 76.2. The molecule has 17 nitrogen and oxygen atoms in total. The predicted molar refractivity (Wildman–Crippen MR) is 428 cm³/mol. The molecule has 0 radical (unpaired) electrons. The van der Waals surface area contributed by atoms with Crippen LogP contribution in [0, 0.1) is 5.92 Å². The van der Waals surface area contributed by atoms with E-state index in [0.29, 0.717) is 25.7 Å². The molecule has 0 aliphatic carbocycles. The van der Waals surface area contributed by atoms with E-state index in [1.54, 1.807) is 0 Å². The zero-order valence-corrected chi connectivity index (χ0v) is 70.0. The number of unbranched alkanes of at least 4 members (excludes halogenated alkanes) is 56. The van der Waals surface area contributed by atoms with Crippen molar-refractivity contribution in [3.8, 4) is 0 Å². The van der Waals surface area contributed by atoms with Crippen molar-refractivity contribution in [2.75, 3.05) is 39.6 Å². The highest BCUT2D eigenvalue weighted by atomic mass is 31.2. The van der Waals surface area contributed by atoms with E-state index in [0.717, 1.165) is 95.8 Å². The molecule has 0 aromatic heterocycles. The number of phosphoric ester groups is 2. The summed E-state index contributed by atoms with van der Waals surface area (Å²) in [5.41, 5.74) is 0. The minimum Gasteiger partial charge on any atom is -0.462 e. The Hall–Kier alpha value is -1.94. The average molecular weight is 1520 g/mol. The summed E-state index contributed by atoms with van der Waals surface area (Å²) < 4.78 is 68.9. The molecule has 0 saturated carbocycles. The molecule has 0 saturated heterocycles. The normalized spacial score (nSPS) is 14.0. The Morgan fingerprint density at radius 2 is 0.462 bits per heavy atom. The van der Waals surface area contributed by atoms with Crippen molar-refractivity contribution < 1.29 is 80.2 Å². The van der Waals surface area contributed by atoms with Crippen LogP contribution in [-0.2, 0) is 65.4 Å². The van der Waals surface area contributed by atoms with Crippen molar-refractivity contribution in [3.05, 3.63) is 0 Å². The van der Waals surface area contributed by atoms with Gasteiger partial charge in [0.2, 0.25) is 0 Å². The summed E-state index contributed by atoms with van der Waals surface area (Å²) in [7, 11) is -9.93. The van der Waals surface area contributed by atoms with Crippen molar-refractivity contribution in [2.45, 2.75) is 477 Å². The van der Waals surface area contributed by atoms with Crippen LogP contribution in [0.15, 0.2) is 0 Å². The summed E-state index contributed by atoms with van der Waals surface area (Å²) in [5.74, 6) is -1.32. The minimum atomic E-state index is -4.96. The number of hydrogen-bond acceptors (Lipinski definition) is 15. The van der Waals surface area contributed by atoms with Crippen LogP contribution in [0.1, 0.15) is 458 Å². The van der Waals surface area contributed by atoms with Gasteiger partial charge in [-0.2, -0.15) is 0 Å². The number of carbonyl (C=O) groups excluding carboxylic acids is 4. The SMILES string of the molecule is CCCCCCCCCCCCCCCCCCCCCC(=O)O[C@H](COC(=O)CCCCCCCCCCCCCCCCCCCC)COP(=O)(O)OC[C@@H](O)COP(=O)(O)OC[C@@H](COC(=O)CCCCCCCCCCC(C)CC)OC(=O)CCCCCCCCCCCCCCCCC. The summed E-state index contributed by atoms with van der Waals surface area (Å²) in [5, 5.41) is 10.7. The fraction of sp³-hybridized carbons (Fsp3) is 0.953. The molecule has 618 valence electrons. The second-order valence-electron chi connectivity index (χ2n) is 30.8. The highest BCUT2D eigenvalue weighted by Gasteiger charge is 2.30. The molecule has 0 aliphatic heterocycles. The maximum atomic E-state index is 13.1. The van der Waals surface area contributed by atoms with Gasteiger partial charge in [-0.05, 0) is 31.6 Å². The van der Waals surface area contributed by atoms with Crippen molar-refractivity contribution in [2.24, 2.45) is 5.92 Å². The summed E-state index contributed by atoms with van der Waals surface area (Å²) >= 11 is 0. The van der Waals surface area contributed by atoms with Crippen LogP contribution < -0.4 is 0 Å². The monoisotopic (exact) mass is 1520 g/mol. The van der Waals surface area contributed by atoms with Gasteiger partial charge in [-0.3, -0.25) is 37.3 Å². The number of esters is 4. The lowest BCUT2D eigenvalue weighted by atomic mass is 9.99. The first kappa shape index (κ1) is 102. The van der Waals surface area contributed by atoms with Gasteiger partial charge in [-0.25, -0.2) is 9.13 Å². The van der Waals surface area contributed by atoms with Gasteiger partial charge in [-0.15, -0.1) is 0 Å². The summed E-state index contributed by atoms with van der Waals surface area (Å²) in [6, 6.07) is 0. The first-order chi connectivity index (χ1) is 50.6. The maximum Gasteiger partial charge on any atom is 0.472 e. The fourth-order valence-electron chi connectivity index (χ4n) is 13.3. The number of ether oxygens (including phenoxy) is 4. The Labute approximate surface area is 638 Å². The molecule has 3 N–H and O–H groups in total. The van der Waals surface area contributed by atoms with Crippen LogP contribution in [0.25, 0.3) is 0 Å². The van der Waals surface area contributed by atoms with Gasteiger partial charge in [0.1, 0.15) is 19.3 Å². The number of aliphatic hydroxyl groups excluding tert-OH is 1. The van der Waals surface area contributed by atoms with Gasteiger partial charge < -0.3 is 33.8 Å². The molecule has 19 heteroatoms. The molecular formula is C85H166O17P2. The zero-order valence-electron chi connectivity index (χ0n) is 68.2. The Morgan fingerprint density at radius 1 is 0.269 bits per heavy atom. The molecule has 0 bridgehead atoms. The van der Waals surface area contributed by atoms with Crippen molar-refractivity contribution >= 4 is 39.5 Å². The molecule has 0 rings (SSSR count). The maximum absolute atomic E-state index is 13.1. The summed E-state index contributed by atoms with van der Waals surface area (Å²) in [4.78, 5) is 73.2. The van der Waals surface area contributed by atoms with Crippen molar-refractivity contribution in [3.63, 3.8) is 0 Å². The highest BCUT2D eigenvalue weighted by Crippen LogP contribution is 2.45. The number of phosphoric acid groups is 2. The van der Waals surface area contributed by atoms with E-state index in [2.05, 4.69) is 34.6 Å². The summed E-state index contributed by atoms with van der Waals surface area (Å²) in [6.07, 6.45) is 70.7. The van der Waals surface area contributed by atoms with Crippen LogP contribution in [0.4, 0.5) is 0 Å². The molecule has 0 heterocycles. The Kier molecular flexibility index (Phi) is 76.3. The van der Waals surface area contributed by atoms with Crippen LogP contribution in [-0.4, -0.2) is 96.7 Å². The number of carbonyl (C=O) groups is 4. The Bertz CT molecular complexity index is 1980. The Balaban J connectivity index is 5.26. The van der Waals surface area contributed by atoms with E-state index in [9.17, 15) is 43.2 Å². The number of rotatable bonds is 85. The summed E-state index contributed by atoms with van der Waals surface area (Å²) in [6.45, 7) is 7.37. The van der Waals surface area contributed by atoms with Gasteiger partial charge in [-0.1, -0.05) is 407 Å². The van der Waals surface area contributed by atoms with Crippen LogP contribution in [0.2, 0.25) is 0 Å². The molecule has 3 unspecified atom stereocenters. The molecule has 0 aromatic rings. The molecule has 6 atom stereocenters. The van der Waals surface area contributed by atoms with Crippen molar-refractivity contribution in [1.29, 1.82) is 0 Å². The Morgan fingerprint density at radius 3 is 0.683 bits per heavy atom. The van der Waals surface area contributed by atoms with Crippen LogP contribution in [0.3, 0.4) is 0 Å². The van der Waals surface area contributed by atoms with E-state index in [1.165, 1.54) is 283 Å². The third-order valence-corrected chi connectivity index (χ3v) is 22.3. The van der Waals surface area contributed by atoms with Crippen LogP contribution in [0.5, 0.6) is 0 Å². The largest absolute Gasteiger partial charge is 0.472 e. The molecule has 0 aromatic carbocycles. The fourth-order valence-corrected chi connectivity index (χ4v) is 14.8. The number of hydrogen-bond donors (Lipinski definition) is 3. The molecule has 0 spiro atoms. The van der Waals surface area contributed by atoms with E-state index in [1.807, 2.05) is 0 Å². The number of aliphatic hydroxyl groups is 1. The van der Waals surface area contributed by atoms with Crippen LogP contribution >= 0.6 is 15.6 Å². The molecule has 0 amide bonds. The standard InChI is InChI=1S/C85H166O17P2/c1-6-10-13-16-19-22-25-28-31-33-35-37-40-43-46-49-56-61-66-71-84(89)101-80(74-95-82(87)68-63-58-53-47-44-41-39-36-34-32-29-26-23-20-17-14-11-7-2)76-99-103(91,92)97-72-79(86)73-98-104(93,94)100-77-81(75-96-83(88)69-64-59-54-51-50-52-57-62-67-78(5)9-4)102-85(90)70-65-60-55-48-45-42-38-30-27-24-21-18-15-12-8-3/h78-81,86H,6-77H2,1-5H3,(H,91,92)(H,93,94)/t78?,79-,80-,81-/m1/s1. The second kappa shape index (κ2) is 77.8. The lowest BCUT2D eigenvalue weighted by Gasteiger charge is -2.21. The highest BCUT2D eigenvalue weighted by molar-refractivity contribution is 7.47. The molecule has 0 aliphatic rings. The third-order valence-electron chi connectivity index (χ3n) is 20.4. The third kappa shape index (κ3) is 76.8. The van der Waals surface area contributed by atoms with Gasteiger partial charge in [0.25, 0.3) is 0 Å². The predicted octanol–water partition coefficient (Wildman–Crippen LogP) is 26.0. The van der Waals surface area contributed by atoms with Gasteiger partial charge >= 0.3 is 39.5 Å². The van der Waals surface area contributed by atoms with Crippen molar-refractivity contribution in [1.82, 2.24) is 0 Å². The average Bonchev–Trinajstić information content (AvgIpc) is 0.919. The molecular weight excluding hydrogens is 1350 g/mol. The van der Waals surface area contributed by atoms with Gasteiger partial charge in [0.15, 0.2) is 12.2 Å². The molecule has 104 heavy (non-hydrogen) atoms. The van der Waals surface area contributed by atoms with E-state index < -0.39 is 97.5 Å². The van der Waals surface area contributed by atoms with E-state index in [4.69, 9.17) is 37.0 Å². The second-order valence-corrected chi connectivity index (χ2v) is 33.7. The quantitative estimate of drug-likeness (QED) is 0.0222. The first-order valence-corrected chi connectivity index (χ1v) is 47.2. The van der Waals surface area contributed by atoms with E-state index in [-0.39, 0.29) is 25.7 Å². The lowest BCUT2D eigenvalue weighted by Crippen LogP contribution is -2.30. The van der Waals surface area contributed by atoms with Gasteiger partial charge in [0, 0.05) is 25.7 Å². The molecule has 0 fully saturated rings. The first-order valence-electron chi connectivity index (χ1n) is 44.2.